The van der Waals surface area contributed by atoms with Crippen LogP contribution in [-0.2, 0) is 19.6 Å². The van der Waals surface area contributed by atoms with Gasteiger partial charge in [0.15, 0.2) is 0 Å². The average molecular weight is 297 g/mol. The molecule has 0 aliphatic carbocycles. The van der Waals surface area contributed by atoms with E-state index < -0.39 is 54.0 Å². The van der Waals surface area contributed by atoms with Crippen LogP contribution in [0.2, 0.25) is 0 Å². The SMILES string of the molecule is C=C(O)Cn1c(=O)n(CC(=C)O)c(=O)n(CC(=C)O)c1=O. The topological polar surface area (TPSA) is 127 Å². The summed E-state index contributed by atoms with van der Waals surface area (Å²) in [7, 11) is 0. The third-order valence-electron chi connectivity index (χ3n) is 2.41. The summed E-state index contributed by atoms with van der Waals surface area (Å²) in [5, 5.41) is 27.4. The van der Waals surface area contributed by atoms with Crippen molar-refractivity contribution in [3.63, 3.8) is 0 Å². The highest BCUT2D eigenvalue weighted by atomic mass is 16.3. The van der Waals surface area contributed by atoms with Gasteiger partial charge in [0.05, 0.1) is 19.6 Å². The van der Waals surface area contributed by atoms with E-state index in [9.17, 15) is 14.4 Å². The molecule has 1 aromatic rings. The lowest BCUT2D eigenvalue weighted by Gasteiger charge is -2.12. The van der Waals surface area contributed by atoms with Gasteiger partial charge < -0.3 is 15.3 Å². The zero-order valence-electron chi connectivity index (χ0n) is 11.2. The molecule has 1 aromatic heterocycles. The largest absolute Gasteiger partial charge is 0.511 e. The van der Waals surface area contributed by atoms with E-state index in [-0.39, 0.29) is 0 Å². The molecular weight excluding hydrogens is 282 g/mol. The van der Waals surface area contributed by atoms with Gasteiger partial charge >= 0.3 is 17.1 Å². The maximum absolute atomic E-state index is 12.0. The third kappa shape index (κ3) is 3.53. The molecule has 21 heavy (non-hydrogen) atoms. The summed E-state index contributed by atoms with van der Waals surface area (Å²) in [6.07, 6.45) is 0. The molecule has 0 atom stereocenters. The van der Waals surface area contributed by atoms with Crippen molar-refractivity contribution in [2.45, 2.75) is 19.6 Å². The van der Waals surface area contributed by atoms with E-state index in [4.69, 9.17) is 15.3 Å². The van der Waals surface area contributed by atoms with Gasteiger partial charge in [-0.05, 0) is 0 Å². The zero-order chi connectivity index (χ0) is 16.3. The number of hydrogen-bond donors (Lipinski definition) is 3. The maximum Gasteiger partial charge on any atom is 0.337 e. The van der Waals surface area contributed by atoms with E-state index in [1.165, 1.54) is 0 Å². The molecule has 0 aliphatic heterocycles. The summed E-state index contributed by atoms with van der Waals surface area (Å²) in [4.78, 5) is 36.1. The van der Waals surface area contributed by atoms with Gasteiger partial charge in [0.1, 0.15) is 17.3 Å². The Labute approximate surface area is 118 Å². The third-order valence-corrected chi connectivity index (χ3v) is 2.41. The number of aliphatic hydroxyl groups is 3. The van der Waals surface area contributed by atoms with Crippen LogP contribution >= 0.6 is 0 Å². The molecule has 9 nitrogen and oxygen atoms in total. The Balaban J connectivity index is 3.73. The molecular formula is C12H15N3O6. The van der Waals surface area contributed by atoms with Crippen molar-refractivity contribution in [2.75, 3.05) is 0 Å². The van der Waals surface area contributed by atoms with Crippen LogP contribution in [0.3, 0.4) is 0 Å². The fourth-order valence-electron chi connectivity index (χ4n) is 1.64. The van der Waals surface area contributed by atoms with Crippen LogP contribution in [0, 0.1) is 0 Å². The summed E-state index contributed by atoms with van der Waals surface area (Å²) >= 11 is 0. The number of rotatable bonds is 6. The van der Waals surface area contributed by atoms with E-state index in [0.717, 1.165) is 0 Å². The van der Waals surface area contributed by atoms with Crippen LogP contribution in [0.25, 0.3) is 0 Å². The monoisotopic (exact) mass is 297 g/mol. The van der Waals surface area contributed by atoms with Gasteiger partial charge in [-0.25, -0.2) is 28.1 Å². The van der Waals surface area contributed by atoms with Gasteiger partial charge in [-0.15, -0.1) is 0 Å². The molecule has 114 valence electrons. The second-order valence-electron chi connectivity index (χ2n) is 4.30. The normalized spacial score (nSPS) is 10.3. The molecule has 0 aliphatic rings. The summed E-state index contributed by atoms with van der Waals surface area (Å²) in [5.41, 5.74) is -3.14. The first-order chi connectivity index (χ1) is 9.65. The number of nitrogens with zero attached hydrogens (tertiary/aromatic N) is 3. The van der Waals surface area contributed by atoms with Crippen LogP contribution < -0.4 is 17.1 Å². The van der Waals surface area contributed by atoms with E-state index in [2.05, 4.69) is 19.7 Å². The van der Waals surface area contributed by atoms with E-state index in [1.807, 2.05) is 0 Å². The second kappa shape index (κ2) is 5.99. The molecule has 0 radical (unpaired) electrons. The van der Waals surface area contributed by atoms with E-state index in [1.54, 1.807) is 0 Å². The molecule has 3 N–H and O–H groups in total. The minimum absolute atomic E-state index is 0.475. The van der Waals surface area contributed by atoms with Crippen LogP contribution in [0.15, 0.2) is 51.4 Å². The summed E-state index contributed by atoms with van der Waals surface area (Å²) in [6.45, 7) is 7.89. The highest BCUT2D eigenvalue weighted by molar-refractivity contribution is 4.91. The molecule has 0 saturated heterocycles. The fraction of sp³-hybridized carbons (Fsp3) is 0.250. The van der Waals surface area contributed by atoms with Crippen molar-refractivity contribution in [1.29, 1.82) is 0 Å². The Kier molecular flexibility index (Phi) is 4.59. The number of aromatic nitrogens is 3. The van der Waals surface area contributed by atoms with Crippen molar-refractivity contribution >= 4 is 0 Å². The minimum atomic E-state index is -1.05. The van der Waals surface area contributed by atoms with Crippen molar-refractivity contribution in [1.82, 2.24) is 13.7 Å². The van der Waals surface area contributed by atoms with Gasteiger partial charge in [0.2, 0.25) is 0 Å². The van der Waals surface area contributed by atoms with Crippen molar-refractivity contribution < 1.29 is 15.3 Å². The highest BCUT2D eigenvalue weighted by Gasteiger charge is 2.16. The lowest BCUT2D eigenvalue weighted by atomic mass is 10.5. The van der Waals surface area contributed by atoms with E-state index >= 15 is 0 Å². The first kappa shape index (κ1) is 16.1. The van der Waals surface area contributed by atoms with Gasteiger partial charge in [-0.3, -0.25) is 0 Å². The first-order valence-electron chi connectivity index (χ1n) is 5.69. The Morgan fingerprint density at radius 1 is 0.667 bits per heavy atom. The van der Waals surface area contributed by atoms with Crippen molar-refractivity contribution in [3.05, 3.63) is 68.5 Å². The number of aliphatic hydroxyl groups excluding tert-OH is 3. The molecule has 0 saturated carbocycles. The molecule has 9 heteroatoms. The standard InChI is InChI=1S/C12H15N3O6/c1-7(16)4-13-10(19)14(5-8(2)17)12(21)15(11(13)20)6-9(3)18/h16-18H,1-6H2. The van der Waals surface area contributed by atoms with Crippen molar-refractivity contribution in [3.8, 4) is 0 Å². The summed E-state index contributed by atoms with van der Waals surface area (Å²) in [6, 6.07) is 0. The first-order valence-corrected chi connectivity index (χ1v) is 5.69. The quantitative estimate of drug-likeness (QED) is 0.601. The van der Waals surface area contributed by atoms with Crippen LogP contribution in [0.4, 0.5) is 0 Å². The van der Waals surface area contributed by atoms with Crippen LogP contribution in [-0.4, -0.2) is 29.0 Å². The molecule has 1 heterocycles. The predicted octanol–water partition coefficient (Wildman–Crippen LogP) is -0.613. The summed E-state index contributed by atoms with van der Waals surface area (Å²) in [5.74, 6) is -1.43. The molecule has 0 fully saturated rings. The molecule has 0 bridgehead atoms. The van der Waals surface area contributed by atoms with Crippen LogP contribution in [0.5, 0.6) is 0 Å². The van der Waals surface area contributed by atoms with Gasteiger partial charge in [-0.1, -0.05) is 19.7 Å². The van der Waals surface area contributed by atoms with Crippen molar-refractivity contribution in [2.24, 2.45) is 0 Å². The molecule has 0 unspecified atom stereocenters. The smallest absolute Gasteiger partial charge is 0.337 e. The fourth-order valence-corrected chi connectivity index (χ4v) is 1.64. The Bertz CT molecular complexity index is 645. The average Bonchev–Trinajstić information content (AvgIpc) is 2.35. The van der Waals surface area contributed by atoms with Gasteiger partial charge in [-0.2, -0.15) is 0 Å². The maximum atomic E-state index is 12.0. The Morgan fingerprint density at radius 3 is 1.00 bits per heavy atom. The van der Waals surface area contributed by atoms with Gasteiger partial charge in [0, 0.05) is 0 Å². The van der Waals surface area contributed by atoms with E-state index in [0.29, 0.717) is 13.7 Å². The number of hydrogen-bond acceptors (Lipinski definition) is 6. The molecule has 0 aromatic carbocycles. The minimum Gasteiger partial charge on any atom is -0.511 e. The van der Waals surface area contributed by atoms with Gasteiger partial charge in [0.25, 0.3) is 0 Å². The number of allylic oxidation sites excluding steroid dienone is 3. The Hall–Kier alpha value is -2.97. The highest BCUT2D eigenvalue weighted by Crippen LogP contribution is 1.90. The summed E-state index contributed by atoms with van der Waals surface area (Å²) < 4.78 is 1.61. The molecule has 1 rings (SSSR count). The second-order valence-corrected chi connectivity index (χ2v) is 4.30. The lowest BCUT2D eigenvalue weighted by molar-refractivity contribution is 0.330. The Morgan fingerprint density at radius 2 is 0.857 bits per heavy atom. The van der Waals surface area contributed by atoms with Crippen LogP contribution in [0.1, 0.15) is 0 Å². The zero-order valence-corrected chi connectivity index (χ0v) is 11.2. The molecule has 0 amide bonds. The predicted molar refractivity (Wildman–Crippen MR) is 74.5 cm³/mol. The molecule has 0 spiro atoms. The lowest BCUT2D eigenvalue weighted by Crippen LogP contribution is -2.55.